The zero-order valence-corrected chi connectivity index (χ0v) is 14.0. The Hall–Kier alpha value is -1.35. The molecular formula is C17H23ClN2O. The van der Waals surface area contributed by atoms with Gasteiger partial charge in [0.2, 0.25) is 0 Å². The molecule has 0 saturated carbocycles. The fraction of sp³-hybridized carbons (Fsp3) is 0.529. The van der Waals surface area contributed by atoms with E-state index in [-0.39, 0.29) is 11.3 Å². The molecule has 0 radical (unpaired) electrons. The maximum absolute atomic E-state index is 12.6. The van der Waals surface area contributed by atoms with E-state index >= 15 is 0 Å². The van der Waals surface area contributed by atoms with Crippen LogP contribution in [0.4, 0.5) is 0 Å². The first-order valence-corrected chi connectivity index (χ1v) is 7.84. The predicted molar refractivity (Wildman–Crippen MR) is 86.7 cm³/mol. The van der Waals surface area contributed by atoms with Gasteiger partial charge in [-0.25, -0.2) is 4.98 Å². The first kappa shape index (κ1) is 16.0. The number of hydrogen-bond acceptors (Lipinski definition) is 2. The molecule has 21 heavy (non-hydrogen) atoms. The van der Waals surface area contributed by atoms with Crippen LogP contribution >= 0.6 is 11.6 Å². The van der Waals surface area contributed by atoms with Crippen LogP contribution in [-0.4, -0.2) is 28.9 Å². The van der Waals surface area contributed by atoms with Gasteiger partial charge in [-0.05, 0) is 30.4 Å². The second kappa shape index (κ2) is 6.18. The van der Waals surface area contributed by atoms with E-state index in [2.05, 4.69) is 31.8 Å². The van der Waals surface area contributed by atoms with Crippen LogP contribution in [0.3, 0.4) is 0 Å². The van der Waals surface area contributed by atoms with Gasteiger partial charge in [0.15, 0.2) is 0 Å². The predicted octanol–water partition coefficient (Wildman–Crippen LogP) is 4.12. The summed E-state index contributed by atoms with van der Waals surface area (Å²) in [4.78, 5) is 18.7. The van der Waals surface area contributed by atoms with Gasteiger partial charge in [0.1, 0.15) is 5.15 Å². The molecule has 1 aromatic heterocycles. The van der Waals surface area contributed by atoms with Gasteiger partial charge in [-0.2, -0.15) is 0 Å². The van der Waals surface area contributed by atoms with Gasteiger partial charge in [0, 0.05) is 24.3 Å². The van der Waals surface area contributed by atoms with Crippen LogP contribution in [0.1, 0.15) is 50.2 Å². The summed E-state index contributed by atoms with van der Waals surface area (Å²) in [5.41, 5.74) is 3.10. The third-order valence-corrected chi connectivity index (χ3v) is 4.11. The number of hydrogen-bond donors (Lipinski definition) is 0. The lowest BCUT2D eigenvalue weighted by Crippen LogP contribution is -2.36. The van der Waals surface area contributed by atoms with Crippen LogP contribution in [0.2, 0.25) is 5.15 Å². The van der Waals surface area contributed by atoms with Crippen molar-refractivity contribution in [2.75, 3.05) is 13.1 Å². The van der Waals surface area contributed by atoms with Crippen molar-refractivity contribution < 1.29 is 4.79 Å². The molecule has 1 aliphatic heterocycles. The molecule has 1 aliphatic rings. The minimum absolute atomic E-state index is 0.0400. The van der Waals surface area contributed by atoms with E-state index in [1.807, 2.05) is 17.9 Å². The maximum Gasteiger partial charge on any atom is 0.254 e. The number of carbonyl (C=O) groups is 1. The van der Waals surface area contributed by atoms with E-state index in [0.717, 1.165) is 25.1 Å². The molecule has 0 N–H and O–H groups in total. The summed E-state index contributed by atoms with van der Waals surface area (Å²) in [5, 5.41) is 0.389. The van der Waals surface area contributed by atoms with Crippen molar-refractivity contribution in [3.8, 4) is 0 Å². The minimum Gasteiger partial charge on any atom is -0.335 e. The second-order valence-corrected chi connectivity index (χ2v) is 6.89. The largest absolute Gasteiger partial charge is 0.335 e. The lowest BCUT2D eigenvalue weighted by atomic mass is 9.83. The van der Waals surface area contributed by atoms with Crippen molar-refractivity contribution in [3.05, 3.63) is 40.2 Å². The fourth-order valence-electron chi connectivity index (χ4n) is 2.57. The highest BCUT2D eigenvalue weighted by Crippen LogP contribution is 2.30. The van der Waals surface area contributed by atoms with Crippen LogP contribution in [0.25, 0.3) is 0 Å². The number of halogens is 1. The number of pyridine rings is 1. The summed E-state index contributed by atoms with van der Waals surface area (Å²) in [6.45, 7) is 10.1. The molecule has 0 saturated heterocycles. The molecule has 114 valence electrons. The molecular weight excluding hydrogens is 284 g/mol. The number of amides is 1. The van der Waals surface area contributed by atoms with Gasteiger partial charge in [-0.15, -0.1) is 0 Å². The monoisotopic (exact) mass is 306 g/mol. The summed E-state index contributed by atoms with van der Waals surface area (Å²) >= 11 is 6.00. The highest BCUT2D eigenvalue weighted by Gasteiger charge is 2.24. The Bertz CT molecular complexity index is 573. The lowest BCUT2D eigenvalue weighted by molar-refractivity contribution is 0.0764. The van der Waals surface area contributed by atoms with Crippen LogP contribution in [0, 0.1) is 5.41 Å². The number of rotatable bonds is 2. The van der Waals surface area contributed by atoms with Crippen molar-refractivity contribution in [3.63, 3.8) is 0 Å². The molecule has 0 unspecified atom stereocenters. The molecule has 2 heterocycles. The Morgan fingerprint density at radius 3 is 2.62 bits per heavy atom. The first-order chi connectivity index (χ1) is 9.81. The van der Waals surface area contributed by atoms with Crippen molar-refractivity contribution >= 4 is 17.5 Å². The summed E-state index contributed by atoms with van der Waals surface area (Å²) in [6, 6.07) is 3.50. The number of aromatic nitrogens is 1. The Labute approximate surface area is 132 Å². The van der Waals surface area contributed by atoms with E-state index in [1.165, 1.54) is 5.57 Å². The van der Waals surface area contributed by atoms with Crippen LogP contribution in [0.5, 0.6) is 0 Å². The van der Waals surface area contributed by atoms with Gasteiger partial charge in [-0.3, -0.25) is 4.79 Å². The molecule has 0 aromatic carbocycles. The van der Waals surface area contributed by atoms with E-state index in [9.17, 15) is 4.79 Å². The van der Waals surface area contributed by atoms with E-state index < -0.39 is 0 Å². The first-order valence-electron chi connectivity index (χ1n) is 7.46. The quantitative estimate of drug-likeness (QED) is 0.608. The molecule has 0 spiro atoms. The van der Waals surface area contributed by atoms with Gasteiger partial charge in [0.25, 0.3) is 5.91 Å². The molecule has 4 heteroatoms. The third-order valence-electron chi connectivity index (χ3n) is 3.92. The van der Waals surface area contributed by atoms with Gasteiger partial charge in [-0.1, -0.05) is 50.9 Å². The summed E-state index contributed by atoms with van der Waals surface area (Å²) in [7, 11) is 0. The lowest BCUT2D eigenvalue weighted by Gasteiger charge is -2.32. The average molecular weight is 307 g/mol. The normalized spacial score (nSPS) is 15.9. The summed E-state index contributed by atoms with van der Waals surface area (Å²) in [6.07, 6.45) is 3.90. The Morgan fingerprint density at radius 2 is 2.10 bits per heavy atom. The van der Waals surface area contributed by atoms with Crippen molar-refractivity contribution in [1.82, 2.24) is 9.88 Å². The van der Waals surface area contributed by atoms with Gasteiger partial charge >= 0.3 is 0 Å². The van der Waals surface area contributed by atoms with Gasteiger partial charge < -0.3 is 4.90 Å². The standard InChI is InChI=1S/C17H23ClN2O/c1-5-14-10-12(11-15(18)19-14)16(21)20-8-6-13(7-9-20)17(2,3)4/h6,10-11H,5,7-9H2,1-4H3. The average Bonchev–Trinajstić information content (AvgIpc) is 2.45. The molecule has 0 bridgehead atoms. The second-order valence-electron chi connectivity index (χ2n) is 6.50. The van der Waals surface area contributed by atoms with Crippen LogP contribution < -0.4 is 0 Å². The maximum atomic E-state index is 12.6. The number of aryl methyl sites for hydroxylation is 1. The molecule has 2 rings (SSSR count). The Kier molecular flexibility index (Phi) is 4.72. The molecule has 3 nitrogen and oxygen atoms in total. The zero-order valence-electron chi connectivity index (χ0n) is 13.2. The minimum atomic E-state index is 0.0400. The van der Waals surface area contributed by atoms with Crippen LogP contribution in [0.15, 0.2) is 23.8 Å². The molecule has 1 aromatic rings. The highest BCUT2D eigenvalue weighted by molar-refractivity contribution is 6.29. The summed E-state index contributed by atoms with van der Waals surface area (Å²) < 4.78 is 0. The molecule has 0 atom stereocenters. The highest BCUT2D eigenvalue weighted by atomic mass is 35.5. The molecule has 0 fully saturated rings. The van der Waals surface area contributed by atoms with E-state index in [4.69, 9.17) is 11.6 Å². The topological polar surface area (TPSA) is 33.2 Å². The molecule has 1 amide bonds. The SMILES string of the molecule is CCc1cc(C(=O)N2CC=C(C(C)(C)C)CC2)cc(Cl)n1. The number of carbonyl (C=O) groups excluding carboxylic acids is 1. The van der Waals surface area contributed by atoms with E-state index in [0.29, 0.717) is 17.3 Å². The Balaban J connectivity index is 2.16. The van der Waals surface area contributed by atoms with Crippen molar-refractivity contribution in [2.45, 2.75) is 40.5 Å². The zero-order chi connectivity index (χ0) is 15.6. The number of nitrogens with zero attached hydrogens (tertiary/aromatic N) is 2. The summed E-state index contributed by atoms with van der Waals surface area (Å²) in [5.74, 6) is 0.0400. The Morgan fingerprint density at radius 1 is 1.38 bits per heavy atom. The van der Waals surface area contributed by atoms with E-state index in [1.54, 1.807) is 6.07 Å². The van der Waals surface area contributed by atoms with Crippen molar-refractivity contribution in [2.24, 2.45) is 5.41 Å². The van der Waals surface area contributed by atoms with Crippen LogP contribution in [-0.2, 0) is 6.42 Å². The fourth-order valence-corrected chi connectivity index (χ4v) is 2.80. The molecule has 0 aliphatic carbocycles. The smallest absolute Gasteiger partial charge is 0.254 e. The van der Waals surface area contributed by atoms with Crippen molar-refractivity contribution in [1.29, 1.82) is 0 Å². The third kappa shape index (κ3) is 3.85. The van der Waals surface area contributed by atoms with Gasteiger partial charge in [0.05, 0.1) is 0 Å².